The molecule has 158 valence electrons. The van der Waals surface area contributed by atoms with Crippen LogP contribution in [0.5, 0.6) is 0 Å². The number of hydrogen-bond acceptors (Lipinski definition) is 5. The molecule has 2 aromatic carbocycles. The maximum Gasteiger partial charge on any atom is 0.306 e. The highest BCUT2D eigenvalue weighted by atomic mass is 32.2. The minimum Gasteiger partial charge on any atom is -0.481 e. The Kier molecular flexibility index (Phi) is 7.81. The van der Waals surface area contributed by atoms with Crippen molar-refractivity contribution in [2.45, 2.75) is 44.1 Å². The number of ether oxygens (including phenoxy) is 1. The third kappa shape index (κ3) is 6.87. The molecule has 0 bridgehead atoms. The quantitative estimate of drug-likeness (QED) is 0.522. The van der Waals surface area contributed by atoms with E-state index in [0.29, 0.717) is 24.5 Å². The zero-order valence-corrected chi connectivity index (χ0v) is 17.9. The fourth-order valence-electron chi connectivity index (χ4n) is 2.80. The van der Waals surface area contributed by atoms with E-state index >= 15 is 0 Å². The molecule has 1 aliphatic heterocycles. The van der Waals surface area contributed by atoms with Gasteiger partial charge in [0.25, 0.3) is 0 Å². The first-order valence-electron chi connectivity index (χ1n) is 9.65. The minimum atomic E-state index is -3.48. The van der Waals surface area contributed by atoms with Crippen molar-refractivity contribution in [3.63, 3.8) is 0 Å². The van der Waals surface area contributed by atoms with Crippen molar-refractivity contribution in [1.82, 2.24) is 0 Å². The van der Waals surface area contributed by atoms with Crippen LogP contribution in [0.3, 0.4) is 0 Å². The molecule has 0 saturated carbocycles. The number of aliphatic carboxylic acids is 1. The second-order valence-corrected chi connectivity index (χ2v) is 9.32. The number of carboxylic acids is 1. The van der Waals surface area contributed by atoms with Gasteiger partial charge in [0, 0.05) is 11.8 Å². The predicted molar refractivity (Wildman–Crippen MR) is 115 cm³/mol. The van der Waals surface area contributed by atoms with Crippen LogP contribution in [0.4, 0.5) is 5.69 Å². The Balaban J connectivity index is 0.000000521. The lowest BCUT2D eigenvalue weighted by atomic mass is 9.96. The highest BCUT2D eigenvalue weighted by molar-refractivity contribution is 7.90. The molecule has 1 saturated heterocycles. The second kappa shape index (κ2) is 9.89. The maximum absolute atomic E-state index is 12.1. The molecule has 1 aliphatic rings. The number of hydrogen-bond donors (Lipinski definition) is 2. The van der Waals surface area contributed by atoms with Crippen LogP contribution in [0.15, 0.2) is 47.4 Å². The van der Waals surface area contributed by atoms with Gasteiger partial charge in [-0.1, -0.05) is 44.2 Å². The summed E-state index contributed by atoms with van der Waals surface area (Å²) in [4.78, 5) is 11.1. The first kappa shape index (κ1) is 22.9. The van der Waals surface area contributed by atoms with Crippen LogP contribution in [0.2, 0.25) is 0 Å². The Hall–Kier alpha value is -2.38. The minimum absolute atomic E-state index is 0.0850. The van der Waals surface area contributed by atoms with Crippen molar-refractivity contribution in [3.05, 3.63) is 48.0 Å². The topological polar surface area (TPSA) is 110 Å². The Morgan fingerprint density at radius 1 is 1.28 bits per heavy atom. The van der Waals surface area contributed by atoms with Crippen LogP contribution in [0.1, 0.15) is 32.3 Å². The molecule has 0 aromatic heterocycles. The number of carboxylic acid groups (broad SMARTS) is 1. The van der Waals surface area contributed by atoms with E-state index in [1.54, 1.807) is 13.0 Å². The summed E-state index contributed by atoms with van der Waals surface area (Å²) in [7, 11) is -3.48. The summed E-state index contributed by atoms with van der Waals surface area (Å²) in [6, 6.07) is 12.7. The first-order valence-corrected chi connectivity index (χ1v) is 11.5. The third-order valence-corrected chi connectivity index (χ3v) is 5.97. The number of carbonyl (C=O) groups is 1. The molecule has 0 aliphatic carbocycles. The van der Waals surface area contributed by atoms with E-state index in [1.807, 2.05) is 36.4 Å². The van der Waals surface area contributed by atoms with Gasteiger partial charge >= 0.3 is 5.97 Å². The molecule has 1 heterocycles. The van der Waals surface area contributed by atoms with E-state index in [4.69, 9.17) is 15.6 Å². The van der Waals surface area contributed by atoms with Crippen molar-refractivity contribution in [1.29, 1.82) is 0 Å². The van der Waals surface area contributed by atoms with Gasteiger partial charge in [-0.25, -0.2) is 8.42 Å². The standard InChI is InChI=1S/C18H21NO4S.C4H8O/c1-12(18(20)21)8-9-13-10-15(14-6-4-3-5-7-14)17(19)16(11-13)24(2,22)23;1-2-4-3-5-4/h3-7,10-12H,8-9,19H2,1-2H3,(H,20,21);4H,2-3H2,1H3. The number of sulfone groups is 1. The van der Waals surface area contributed by atoms with Gasteiger partial charge in [0.15, 0.2) is 9.84 Å². The molecule has 0 radical (unpaired) electrons. The lowest BCUT2D eigenvalue weighted by molar-refractivity contribution is -0.141. The Morgan fingerprint density at radius 3 is 2.34 bits per heavy atom. The Morgan fingerprint density at radius 2 is 1.90 bits per heavy atom. The Bertz CT molecular complexity index is 937. The van der Waals surface area contributed by atoms with Crippen LogP contribution in [0.25, 0.3) is 11.1 Å². The average Bonchev–Trinajstić information content (AvgIpc) is 3.51. The lowest BCUT2D eigenvalue weighted by Crippen LogP contribution is -2.11. The molecule has 7 heteroatoms. The molecular formula is C22H29NO5S. The zero-order valence-electron chi connectivity index (χ0n) is 17.1. The third-order valence-electron chi connectivity index (χ3n) is 4.83. The van der Waals surface area contributed by atoms with Crippen LogP contribution in [0, 0.1) is 5.92 Å². The monoisotopic (exact) mass is 419 g/mol. The molecule has 3 rings (SSSR count). The summed E-state index contributed by atoms with van der Waals surface area (Å²) in [6.45, 7) is 4.78. The maximum atomic E-state index is 12.1. The molecule has 2 atom stereocenters. The van der Waals surface area contributed by atoms with Crippen LogP contribution in [-0.4, -0.2) is 38.5 Å². The number of rotatable bonds is 7. The number of anilines is 1. The van der Waals surface area contributed by atoms with E-state index in [9.17, 15) is 13.2 Å². The fourth-order valence-corrected chi connectivity index (χ4v) is 3.68. The number of epoxide rings is 1. The van der Waals surface area contributed by atoms with E-state index in [-0.39, 0.29) is 10.6 Å². The second-order valence-electron chi connectivity index (χ2n) is 7.33. The van der Waals surface area contributed by atoms with E-state index < -0.39 is 21.7 Å². The molecule has 2 unspecified atom stereocenters. The Labute approximate surface area is 172 Å². The SMILES string of the molecule is CC(CCc1cc(-c2ccccc2)c(N)c(S(C)(=O)=O)c1)C(=O)O.CCC1CO1. The molecule has 1 fully saturated rings. The molecule has 3 N–H and O–H groups in total. The highest BCUT2D eigenvalue weighted by Gasteiger charge is 2.19. The van der Waals surface area contributed by atoms with Crippen LogP contribution in [-0.2, 0) is 25.8 Å². The largest absolute Gasteiger partial charge is 0.481 e. The lowest BCUT2D eigenvalue weighted by Gasteiger charge is -2.14. The van der Waals surface area contributed by atoms with Gasteiger partial charge in [-0.3, -0.25) is 4.79 Å². The first-order chi connectivity index (χ1) is 13.6. The van der Waals surface area contributed by atoms with Crippen LogP contribution >= 0.6 is 0 Å². The van der Waals surface area contributed by atoms with E-state index in [2.05, 4.69) is 6.92 Å². The molecular weight excluding hydrogens is 390 g/mol. The van der Waals surface area contributed by atoms with Gasteiger partial charge in [-0.05, 0) is 42.5 Å². The smallest absolute Gasteiger partial charge is 0.306 e. The van der Waals surface area contributed by atoms with Crippen LogP contribution < -0.4 is 5.73 Å². The zero-order chi connectivity index (χ0) is 21.6. The van der Waals surface area contributed by atoms with E-state index in [1.165, 1.54) is 6.42 Å². The normalized spacial score (nSPS) is 16.4. The van der Waals surface area contributed by atoms with Gasteiger partial charge in [-0.2, -0.15) is 0 Å². The number of aryl methyl sites for hydroxylation is 1. The van der Waals surface area contributed by atoms with Crippen molar-refractivity contribution in [2.75, 3.05) is 18.6 Å². The van der Waals surface area contributed by atoms with Crippen molar-refractivity contribution < 1.29 is 23.1 Å². The summed E-state index contributed by atoms with van der Waals surface area (Å²) in [5.41, 5.74) is 8.56. The summed E-state index contributed by atoms with van der Waals surface area (Å²) >= 11 is 0. The molecule has 6 nitrogen and oxygen atoms in total. The fraction of sp³-hybridized carbons (Fsp3) is 0.409. The van der Waals surface area contributed by atoms with Gasteiger partial charge < -0.3 is 15.6 Å². The molecule has 29 heavy (non-hydrogen) atoms. The predicted octanol–water partition coefficient (Wildman–Crippen LogP) is 3.79. The van der Waals surface area contributed by atoms with Crippen molar-refractivity contribution >= 4 is 21.5 Å². The summed E-state index contributed by atoms with van der Waals surface area (Å²) < 4.78 is 29.0. The summed E-state index contributed by atoms with van der Waals surface area (Å²) in [5, 5.41) is 9.00. The number of benzene rings is 2. The molecule has 2 aromatic rings. The van der Waals surface area contributed by atoms with Gasteiger partial charge in [0.05, 0.1) is 29.2 Å². The van der Waals surface area contributed by atoms with Gasteiger partial charge in [0.1, 0.15) is 0 Å². The van der Waals surface area contributed by atoms with Gasteiger partial charge in [-0.15, -0.1) is 0 Å². The van der Waals surface area contributed by atoms with E-state index in [0.717, 1.165) is 24.0 Å². The highest BCUT2D eigenvalue weighted by Crippen LogP contribution is 2.33. The van der Waals surface area contributed by atoms with Crippen molar-refractivity contribution in [3.8, 4) is 11.1 Å². The van der Waals surface area contributed by atoms with Crippen molar-refractivity contribution in [2.24, 2.45) is 5.92 Å². The molecule has 0 spiro atoms. The number of nitrogen functional groups attached to an aromatic ring is 1. The average molecular weight is 420 g/mol. The molecule has 0 amide bonds. The summed E-state index contributed by atoms with van der Waals surface area (Å²) in [6.07, 6.45) is 3.85. The number of nitrogens with two attached hydrogens (primary N) is 1. The summed E-state index contributed by atoms with van der Waals surface area (Å²) in [5.74, 6) is -1.36. The van der Waals surface area contributed by atoms with Gasteiger partial charge in [0.2, 0.25) is 0 Å².